The first-order valence-electron chi connectivity index (χ1n) is 11.7. The Bertz CT molecular complexity index is 1240. The number of amides is 1. The third-order valence-corrected chi connectivity index (χ3v) is 8.41. The van der Waals surface area contributed by atoms with E-state index in [2.05, 4.69) is 25.8 Å². The van der Waals surface area contributed by atoms with Crippen LogP contribution in [-0.4, -0.2) is 70.7 Å². The molecule has 1 aromatic heterocycles. The number of nitrogens with one attached hydrogen (secondary N) is 5. The fraction of sp³-hybridized carbons (Fsp3) is 0.360. The Balaban J connectivity index is 1.67. The number of likely N-dealkylation sites (tertiary alicyclic amines) is 1. The summed E-state index contributed by atoms with van der Waals surface area (Å²) >= 11 is 1.50. The van der Waals surface area contributed by atoms with Crippen LogP contribution in [0.1, 0.15) is 29.4 Å². The number of rotatable bonds is 7. The maximum absolute atomic E-state index is 15.5. The van der Waals surface area contributed by atoms with Crippen molar-refractivity contribution in [3.63, 3.8) is 0 Å². The molecule has 2 aliphatic rings. The number of pyridine rings is 1. The third kappa shape index (κ3) is 5.16. The van der Waals surface area contributed by atoms with E-state index in [1.54, 1.807) is 30.7 Å². The molecular formula is C25H30F2N8OS. The Morgan fingerprint density at radius 2 is 2.11 bits per heavy atom. The van der Waals surface area contributed by atoms with Gasteiger partial charge in [-0.2, -0.15) is 0 Å². The summed E-state index contributed by atoms with van der Waals surface area (Å²) in [6.07, 6.45) is 4.77. The second kappa shape index (κ2) is 10.5. The largest absolute Gasteiger partial charge is 0.394 e. The molecule has 37 heavy (non-hydrogen) atoms. The summed E-state index contributed by atoms with van der Waals surface area (Å²) in [7, 11) is 3.59. The summed E-state index contributed by atoms with van der Waals surface area (Å²) in [5.74, 6) is -1.40. The molecule has 3 heterocycles. The second-order valence-corrected chi connectivity index (χ2v) is 10.8. The quantitative estimate of drug-likeness (QED) is 0.277. The third-order valence-electron chi connectivity index (χ3n) is 6.86. The van der Waals surface area contributed by atoms with Crippen molar-refractivity contribution in [1.82, 2.24) is 24.8 Å². The van der Waals surface area contributed by atoms with Gasteiger partial charge in [0.25, 0.3) is 5.91 Å². The highest BCUT2D eigenvalue weighted by Crippen LogP contribution is 2.52. The van der Waals surface area contributed by atoms with Crippen LogP contribution < -0.4 is 16.0 Å². The standard InChI is InChI=1S/C25H30F2N8OS/c1-24(19-10-18(5-6-20(19)27)32-22(36)21-7-4-17(26)13-31-21)25(37-34(3)23(29)33-24)8-9-35(15-25)14-16(11-28)12-30-2/h4-7,10-13,28,30H,8-9,14-15H2,1-3H3,(H2,29,33)(H,32,36)/b16-12+,28-11?/t24-,25-/m1/s1. The highest BCUT2D eigenvalue weighted by atomic mass is 32.2. The van der Waals surface area contributed by atoms with Gasteiger partial charge in [0.2, 0.25) is 5.96 Å². The lowest BCUT2D eigenvalue weighted by Gasteiger charge is -2.53. The molecule has 1 spiro atoms. The van der Waals surface area contributed by atoms with Gasteiger partial charge in [0, 0.05) is 57.4 Å². The van der Waals surface area contributed by atoms with Crippen molar-refractivity contribution in [2.24, 2.45) is 0 Å². The summed E-state index contributed by atoms with van der Waals surface area (Å²) in [4.78, 5) is 18.7. The van der Waals surface area contributed by atoms with Gasteiger partial charge in [0.1, 0.15) is 17.3 Å². The van der Waals surface area contributed by atoms with Gasteiger partial charge in [0.05, 0.1) is 16.5 Å². The predicted octanol–water partition coefficient (Wildman–Crippen LogP) is 3.14. The molecule has 2 aromatic rings. The van der Waals surface area contributed by atoms with Crippen molar-refractivity contribution in [3.8, 4) is 0 Å². The van der Waals surface area contributed by atoms with Gasteiger partial charge in [-0.15, -0.1) is 0 Å². The van der Waals surface area contributed by atoms with E-state index in [9.17, 15) is 9.18 Å². The van der Waals surface area contributed by atoms with Crippen LogP contribution in [0.25, 0.3) is 0 Å². The molecule has 2 saturated heterocycles. The van der Waals surface area contributed by atoms with Crippen LogP contribution in [0.4, 0.5) is 14.5 Å². The summed E-state index contributed by atoms with van der Waals surface area (Å²) in [5.41, 5.74) is 0.544. The summed E-state index contributed by atoms with van der Waals surface area (Å²) in [5, 5.41) is 25.1. The van der Waals surface area contributed by atoms with E-state index in [0.717, 1.165) is 24.4 Å². The maximum atomic E-state index is 15.5. The molecule has 2 fully saturated rings. The molecule has 0 radical (unpaired) electrons. The first-order chi connectivity index (χ1) is 17.6. The highest BCUT2D eigenvalue weighted by molar-refractivity contribution is 7.99. The molecule has 1 amide bonds. The minimum absolute atomic E-state index is 0.0350. The molecule has 2 aliphatic heterocycles. The van der Waals surface area contributed by atoms with Gasteiger partial charge in [0.15, 0.2) is 0 Å². The molecule has 0 saturated carbocycles. The van der Waals surface area contributed by atoms with Crippen molar-refractivity contribution in [2.45, 2.75) is 23.6 Å². The predicted molar refractivity (Wildman–Crippen MR) is 142 cm³/mol. The van der Waals surface area contributed by atoms with Gasteiger partial charge >= 0.3 is 0 Å². The molecule has 4 rings (SSSR count). The van der Waals surface area contributed by atoms with Crippen molar-refractivity contribution in [2.75, 3.05) is 39.0 Å². The van der Waals surface area contributed by atoms with E-state index < -0.39 is 27.8 Å². The van der Waals surface area contributed by atoms with Gasteiger partial charge in [-0.3, -0.25) is 19.4 Å². The van der Waals surface area contributed by atoms with Crippen LogP contribution in [0.2, 0.25) is 0 Å². The fourth-order valence-electron chi connectivity index (χ4n) is 4.88. The molecule has 196 valence electrons. The molecule has 1 aromatic carbocycles. The number of guanidine groups is 1. The van der Waals surface area contributed by atoms with Crippen LogP contribution in [0.5, 0.6) is 0 Å². The van der Waals surface area contributed by atoms with Crippen LogP contribution in [0.15, 0.2) is 48.3 Å². The van der Waals surface area contributed by atoms with E-state index in [1.165, 1.54) is 36.4 Å². The van der Waals surface area contributed by atoms with E-state index >= 15 is 4.39 Å². The minimum atomic E-state index is -0.994. The Morgan fingerprint density at radius 1 is 1.32 bits per heavy atom. The molecule has 0 aliphatic carbocycles. The van der Waals surface area contributed by atoms with Crippen LogP contribution in [0, 0.1) is 22.5 Å². The highest BCUT2D eigenvalue weighted by Gasteiger charge is 2.58. The number of anilines is 1. The number of carbonyl (C=O) groups excluding carboxylic acids is 1. The van der Waals surface area contributed by atoms with Crippen molar-refractivity contribution < 1.29 is 13.6 Å². The topological polar surface area (TPSA) is 120 Å². The molecule has 0 unspecified atom stereocenters. The van der Waals surface area contributed by atoms with Crippen molar-refractivity contribution >= 4 is 35.7 Å². The fourth-order valence-corrected chi connectivity index (χ4v) is 6.31. The number of aromatic nitrogens is 1. The van der Waals surface area contributed by atoms with E-state index in [0.29, 0.717) is 30.8 Å². The Hall–Kier alpha value is -3.51. The number of benzene rings is 1. The Morgan fingerprint density at radius 3 is 2.78 bits per heavy atom. The van der Waals surface area contributed by atoms with Gasteiger partial charge < -0.3 is 21.4 Å². The number of hydrogen-bond acceptors (Lipinski definition) is 7. The van der Waals surface area contributed by atoms with Crippen molar-refractivity contribution in [1.29, 1.82) is 10.8 Å². The van der Waals surface area contributed by atoms with Crippen molar-refractivity contribution in [3.05, 3.63) is 71.2 Å². The number of hydrogen-bond donors (Lipinski definition) is 5. The summed E-state index contributed by atoms with van der Waals surface area (Å²) in [6, 6.07) is 6.77. The lowest BCUT2D eigenvalue weighted by molar-refractivity contribution is 0.102. The lowest BCUT2D eigenvalue weighted by atomic mass is 9.77. The molecule has 0 bridgehead atoms. The average molecular weight is 529 g/mol. The van der Waals surface area contributed by atoms with Crippen LogP contribution in [-0.2, 0) is 5.54 Å². The molecule has 9 nitrogen and oxygen atoms in total. The zero-order chi connectivity index (χ0) is 26.8. The second-order valence-electron chi connectivity index (χ2n) is 9.30. The summed E-state index contributed by atoms with van der Waals surface area (Å²) < 4.78 is 29.9. The zero-order valence-corrected chi connectivity index (χ0v) is 21.7. The summed E-state index contributed by atoms with van der Waals surface area (Å²) in [6.45, 7) is 3.77. The molecule has 5 N–H and O–H groups in total. The first-order valence-corrected chi connectivity index (χ1v) is 12.5. The SMILES string of the molecule is CN/C=C(\C=N)CN1CC[C@]2(C1)SN(C)C(=N)N[C@]2(C)c1cc(NC(=O)c2ccc(F)cn2)ccc1F. The molecular weight excluding hydrogens is 498 g/mol. The number of carbonyl (C=O) groups is 1. The van der Waals surface area contributed by atoms with Crippen LogP contribution >= 0.6 is 11.9 Å². The smallest absolute Gasteiger partial charge is 0.274 e. The lowest BCUT2D eigenvalue weighted by Crippen LogP contribution is -2.66. The minimum Gasteiger partial charge on any atom is -0.394 e. The zero-order valence-electron chi connectivity index (χ0n) is 20.9. The maximum Gasteiger partial charge on any atom is 0.274 e. The first kappa shape index (κ1) is 26.6. The van der Waals surface area contributed by atoms with Gasteiger partial charge in [-0.1, -0.05) is 0 Å². The normalized spacial score (nSPS) is 24.2. The monoisotopic (exact) mass is 528 g/mol. The Kier molecular flexibility index (Phi) is 7.51. The Labute approximate surface area is 218 Å². The van der Waals surface area contributed by atoms with Gasteiger partial charge in [-0.25, -0.2) is 13.8 Å². The number of nitrogens with zero attached hydrogens (tertiary/aromatic N) is 3. The van der Waals surface area contributed by atoms with Crippen LogP contribution in [0.3, 0.4) is 0 Å². The molecule has 12 heteroatoms. The van der Waals surface area contributed by atoms with E-state index in [4.69, 9.17) is 10.8 Å². The number of halogens is 2. The van der Waals surface area contributed by atoms with E-state index in [-0.39, 0.29) is 11.7 Å². The van der Waals surface area contributed by atoms with E-state index in [1.807, 2.05) is 6.92 Å². The average Bonchev–Trinajstić information content (AvgIpc) is 3.27. The van der Waals surface area contributed by atoms with Gasteiger partial charge in [-0.05, 0) is 61.2 Å². The molecule has 2 atom stereocenters.